The summed E-state index contributed by atoms with van der Waals surface area (Å²) >= 11 is 0. The van der Waals surface area contributed by atoms with Gasteiger partial charge in [0.05, 0.1) is 24.0 Å². The van der Waals surface area contributed by atoms with Crippen molar-refractivity contribution >= 4 is 29.1 Å². The molecule has 1 aromatic rings. The number of fused-ring (bicyclic) bond motifs is 1. The maximum atomic E-state index is 13.7. The molecule has 2 bridgehead atoms. The lowest BCUT2D eigenvalue weighted by atomic mass is 9.65. The molecule has 4 rings (SSSR count). The number of likely N-dealkylation sites (tertiary alicyclic amines) is 1. The molecule has 0 radical (unpaired) electrons. The highest BCUT2D eigenvalue weighted by Crippen LogP contribution is 2.64. The Morgan fingerprint density at radius 2 is 1.82 bits per heavy atom. The average Bonchev–Trinajstić information content (AvgIpc) is 3.44. The van der Waals surface area contributed by atoms with Crippen LogP contribution in [0.4, 0.5) is 11.4 Å². The monoisotopic (exact) mass is 472 g/mol. The molecule has 1 spiro atoms. The van der Waals surface area contributed by atoms with Gasteiger partial charge in [-0.1, -0.05) is 6.92 Å². The summed E-state index contributed by atoms with van der Waals surface area (Å²) in [6, 6.07) is 6.70. The Hall–Kier alpha value is -2.65. The van der Waals surface area contributed by atoms with E-state index in [1.807, 2.05) is 31.2 Å². The fraction of sp³-hybridized carbons (Fsp3) is 0.640. The fourth-order valence-electron chi connectivity index (χ4n) is 6.48. The molecular formula is C25H36N4O5. The van der Waals surface area contributed by atoms with Gasteiger partial charge in [-0.3, -0.25) is 14.4 Å². The summed E-state index contributed by atoms with van der Waals surface area (Å²) in [4.78, 5) is 43.8. The Kier molecular flexibility index (Phi) is 6.61. The zero-order chi connectivity index (χ0) is 24.7. The van der Waals surface area contributed by atoms with E-state index >= 15 is 0 Å². The molecule has 1 aromatic carbocycles. The topological polar surface area (TPSA) is 111 Å². The molecule has 9 heteroatoms. The SMILES string of the molecule is CCN(CC)c1ccc(NC(=O)C2N(CCO)C(=O)[C@@H]3[C@H](C(=O)NC)[C@]4(CC)CCC23O4)cc1. The van der Waals surface area contributed by atoms with Crippen LogP contribution in [0.25, 0.3) is 0 Å². The summed E-state index contributed by atoms with van der Waals surface area (Å²) in [7, 11) is 1.56. The van der Waals surface area contributed by atoms with Gasteiger partial charge in [-0.2, -0.15) is 0 Å². The number of benzene rings is 1. The Bertz CT molecular complexity index is 949. The average molecular weight is 473 g/mol. The minimum absolute atomic E-state index is 0.0129. The number of hydrogen-bond acceptors (Lipinski definition) is 6. The highest BCUT2D eigenvalue weighted by molar-refractivity contribution is 6.03. The van der Waals surface area contributed by atoms with Gasteiger partial charge < -0.3 is 30.3 Å². The molecule has 0 aliphatic carbocycles. The molecule has 34 heavy (non-hydrogen) atoms. The first-order valence-electron chi connectivity index (χ1n) is 12.3. The van der Waals surface area contributed by atoms with Gasteiger partial charge in [-0.05, 0) is 57.4 Å². The Morgan fingerprint density at radius 1 is 1.15 bits per heavy atom. The first-order chi connectivity index (χ1) is 16.3. The number of amides is 3. The molecule has 3 N–H and O–H groups in total. The zero-order valence-electron chi connectivity index (χ0n) is 20.5. The smallest absolute Gasteiger partial charge is 0.250 e. The number of carbonyl (C=O) groups excluding carboxylic acids is 3. The van der Waals surface area contributed by atoms with E-state index in [4.69, 9.17) is 4.74 Å². The number of hydrogen-bond donors (Lipinski definition) is 3. The number of nitrogens with zero attached hydrogens (tertiary/aromatic N) is 2. The van der Waals surface area contributed by atoms with Gasteiger partial charge in [0.2, 0.25) is 17.7 Å². The minimum Gasteiger partial charge on any atom is -0.395 e. The van der Waals surface area contributed by atoms with E-state index in [0.29, 0.717) is 24.9 Å². The lowest BCUT2D eigenvalue weighted by molar-refractivity contribution is -0.146. The highest BCUT2D eigenvalue weighted by Gasteiger charge is 2.78. The molecule has 0 saturated carbocycles. The molecule has 9 nitrogen and oxygen atoms in total. The van der Waals surface area contributed by atoms with Gasteiger partial charge >= 0.3 is 0 Å². The van der Waals surface area contributed by atoms with Crippen molar-refractivity contribution in [1.82, 2.24) is 10.2 Å². The molecule has 3 aliphatic rings. The van der Waals surface area contributed by atoms with Crippen LogP contribution in [0, 0.1) is 11.8 Å². The third kappa shape index (κ3) is 3.48. The van der Waals surface area contributed by atoms with Crippen LogP contribution in [-0.4, -0.2) is 78.3 Å². The van der Waals surface area contributed by atoms with E-state index < -0.39 is 29.1 Å². The quantitative estimate of drug-likeness (QED) is 0.501. The van der Waals surface area contributed by atoms with Crippen molar-refractivity contribution in [3.63, 3.8) is 0 Å². The second-order valence-electron chi connectivity index (χ2n) is 9.41. The van der Waals surface area contributed by atoms with E-state index in [0.717, 1.165) is 18.8 Å². The first-order valence-corrected chi connectivity index (χ1v) is 12.3. The lowest BCUT2D eigenvalue weighted by Gasteiger charge is -2.33. The second kappa shape index (κ2) is 9.19. The van der Waals surface area contributed by atoms with Gasteiger partial charge in [0.15, 0.2) is 0 Å². The molecule has 2 unspecified atom stereocenters. The van der Waals surface area contributed by atoms with Crippen LogP contribution in [0.1, 0.15) is 40.0 Å². The predicted molar refractivity (Wildman–Crippen MR) is 128 cm³/mol. The molecule has 3 fully saturated rings. The van der Waals surface area contributed by atoms with Crippen molar-refractivity contribution in [2.24, 2.45) is 11.8 Å². The molecular weight excluding hydrogens is 436 g/mol. The number of aliphatic hydroxyl groups excluding tert-OH is 1. The van der Waals surface area contributed by atoms with E-state index in [2.05, 4.69) is 29.4 Å². The van der Waals surface area contributed by atoms with E-state index in [9.17, 15) is 19.5 Å². The number of anilines is 2. The second-order valence-corrected chi connectivity index (χ2v) is 9.41. The van der Waals surface area contributed by atoms with E-state index in [-0.39, 0.29) is 30.9 Å². The van der Waals surface area contributed by atoms with Crippen LogP contribution < -0.4 is 15.5 Å². The summed E-state index contributed by atoms with van der Waals surface area (Å²) < 4.78 is 6.58. The van der Waals surface area contributed by atoms with Crippen LogP contribution in [-0.2, 0) is 19.1 Å². The Balaban J connectivity index is 1.66. The number of nitrogens with one attached hydrogen (secondary N) is 2. The van der Waals surface area contributed by atoms with Crippen molar-refractivity contribution in [2.75, 3.05) is 43.5 Å². The molecule has 3 amide bonds. The van der Waals surface area contributed by atoms with Crippen molar-refractivity contribution < 1.29 is 24.2 Å². The van der Waals surface area contributed by atoms with E-state index in [1.165, 1.54) is 4.90 Å². The molecule has 0 aromatic heterocycles. The minimum atomic E-state index is -1.08. The lowest BCUT2D eigenvalue weighted by Crippen LogP contribution is -2.53. The molecule has 3 aliphatic heterocycles. The number of ether oxygens (including phenoxy) is 1. The first kappa shape index (κ1) is 24.5. The summed E-state index contributed by atoms with van der Waals surface area (Å²) in [6.07, 6.45) is 1.71. The zero-order valence-corrected chi connectivity index (χ0v) is 20.5. The van der Waals surface area contributed by atoms with Crippen LogP contribution in [0.15, 0.2) is 24.3 Å². The van der Waals surface area contributed by atoms with Crippen molar-refractivity contribution in [3.8, 4) is 0 Å². The number of aliphatic hydroxyl groups is 1. The maximum Gasteiger partial charge on any atom is 0.250 e. The third-order valence-corrected chi connectivity index (χ3v) is 8.06. The van der Waals surface area contributed by atoms with Gasteiger partial charge in [0.25, 0.3) is 0 Å². The fourth-order valence-corrected chi connectivity index (χ4v) is 6.48. The Labute approximate surface area is 200 Å². The number of β-amino-alcohol motifs (C(OH)–C–C–N with tert-alkyl or cyclic N) is 1. The largest absolute Gasteiger partial charge is 0.395 e. The number of rotatable bonds is 9. The van der Waals surface area contributed by atoms with E-state index in [1.54, 1.807) is 7.05 Å². The summed E-state index contributed by atoms with van der Waals surface area (Å²) in [6.45, 7) is 7.64. The molecule has 186 valence electrons. The van der Waals surface area contributed by atoms with Crippen LogP contribution >= 0.6 is 0 Å². The van der Waals surface area contributed by atoms with Crippen molar-refractivity contribution in [2.45, 2.75) is 57.3 Å². The van der Waals surface area contributed by atoms with Crippen LogP contribution in [0.5, 0.6) is 0 Å². The highest BCUT2D eigenvalue weighted by atomic mass is 16.5. The molecule has 5 atom stereocenters. The molecule has 3 saturated heterocycles. The van der Waals surface area contributed by atoms with Crippen molar-refractivity contribution in [3.05, 3.63) is 24.3 Å². The van der Waals surface area contributed by atoms with Gasteiger partial charge in [-0.15, -0.1) is 0 Å². The third-order valence-electron chi connectivity index (χ3n) is 8.06. The van der Waals surface area contributed by atoms with Gasteiger partial charge in [0.1, 0.15) is 11.6 Å². The summed E-state index contributed by atoms with van der Waals surface area (Å²) in [5, 5.41) is 15.3. The van der Waals surface area contributed by atoms with Crippen LogP contribution in [0.3, 0.4) is 0 Å². The normalized spacial score (nSPS) is 31.5. The summed E-state index contributed by atoms with van der Waals surface area (Å²) in [5.74, 6) is -2.29. The maximum absolute atomic E-state index is 13.7. The predicted octanol–water partition coefficient (Wildman–Crippen LogP) is 1.36. The van der Waals surface area contributed by atoms with Crippen molar-refractivity contribution in [1.29, 1.82) is 0 Å². The Morgan fingerprint density at radius 3 is 2.38 bits per heavy atom. The van der Waals surface area contributed by atoms with Gasteiger partial charge in [0, 0.05) is 38.1 Å². The molecule has 3 heterocycles. The summed E-state index contributed by atoms with van der Waals surface area (Å²) in [5.41, 5.74) is -0.145. The van der Waals surface area contributed by atoms with Crippen LogP contribution in [0.2, 0.25) is 0 Å². The number of carbonyl (C=O) groups is 3. The van der Waals surface area contributed by atoms with Gasteiger partial charge in [-0.25, -0.2) is 0 Å². The standard InChI is InChI=1S/C25H36N4O5/c1-5-24-12-13-25(34-24)19(18(24)21(31)26-4)23(33)29(14-15-30)20(25)22(32)27-16-8-10-17(11-9-16)28(6-2)7-3/h8-11,18-20,30H,5-7,12-15H2,1-4H3,(H,26,31)(H,27,32)/t18-,19+,20?,24+,25?/m1/s1.